The summed E-state index contributed by atoms with van der Waals surface area (Å²) < 4.78 is 15.0. The number of thiazole rings is 1. The Morgan fingerprint density at radius 1 is 1.02 bits per heavy atom. The lowest BCUT2D eigenvalue weighted by Crippen LogP contribution is -2.38. The largest absolute Gasteiger partial charge is 0.493 e. The monoisotopic (exact) mass is 668 g/mol. The molecule has 2 aliphatic rings. The number of methoxy groups -OCH3 is 1. The van der Waals surface area contributed by atoms with Gasteiger partial charge in [0.25, 0.3) is 5.56 Å². The van der Waals surface area contributed by atoms with E-state index < -0.39 is 0 Å². The highest BCUT2D eigenvalue weighted by Crippen LogP contribution is 2.41. The van der Waals surface area contributed by atoms with Gasteiger partial charge in [0, 0.05) is 16.1 Å². The van der Waals surface area contributed by atoms with Gasteiger partial charge in [0.2, 0.25) is 0 Å². The zero-order valence-electron chi connectivity index (χ0n) is 23.2. The van der Waals surface area contributed by atoms with E-state index >= 15 is 0 Å². The van der Waals surface area contributed by atoms with Crippen molar-refractivity contribution in [2.45, 2.75) is 25.5 Å². The second kappa shape index (κ2) is 11.6. The number of halogens is 2. The van der Waals surface area contributed by atoms with Crippen molar-refractivity contribution < 1.29 is 9.47 Å². The first-order chi connectivity index (χ1) is 21.0. The van der Waals surface area contributed by atoms with Crippen LogP contribution in [0.2, 0.25) is 5.02 Å². The van der Waals surface area contributed by atoms with Crippen LogP contribution >= 0.6 is 38.9 Å². The molecule has 1 aliphatic carbocycles. The highest BCUT2D eigenvalue weighted by molar-refractivity contribution is 9.10. The Hall–Kier alpha value is -3.91. The number of benzene rings is 4. The molecule has 0 radical (unpaired) electrons. The van der Waals surface area contributed by atoms with Crippen molar-refractivity contribution in [2.75, 3.05) is 7.11 Å². The third-order valence-corrected chi connectivity index (χ3v) is 9.81. The van der Waals surface area contributed by atoms with Crippen molar-refractivity contribution >= 4 is 50.6 Å². The van der Waals surface area contributed by atoms with Crippen LogP contribution in [0.5, 0.6) is 11.5 Å². The van der Waals surface area contributed by atoms with Gasteiger partial charge in [-0.3, -0.25) is 9.36 Å². The van der Waals surface area contributed by atoms with Gasteiger partial charge < -0.3 is 9.47 Å². The zero-order chi connectivity index (χ0) is 29.5. The molecule has 5 aromatic rings. The highest BCUT2D eigenvalue weighted by atomic mass is 79.9. The van der Waals surface area contributed by atoms with E-state index in [0.717, 1.165) is 40.8 Å². The molecule has 5 nitrogen and oxygen atoms in total. The number of rotatable bonds is 6. The molecule has 8 heteroatoms. The van der Waals surface area contributed by atoms with E-state index in [1.807, 2.05) is 65.2 Å². The SMILES string of the molecule is COc1cc(/C=c2\sc3n(c2=O)[C@H](c2ccccc2)C2=C(N=3)c3ccccc3CC2)cc(Br)c1OCc1ccccc1Cl. The summed E-state index contributed by atoms with van der Waals surface area (Å²) in [4.78, 5) is 19.9. The number of hydrogen-bond donors (Lipinski definition) is 0. The predicted molar refractivity (Wildman–Crippen MR) is 176 cm³/mol. The quantitative estimate of drug-likeness (QED) is 0.190. The number of ether oxygens (including phenoxy) is 2. The fourth-order valence-corrected chi connectivity index (χ4v) is 7.60. The molecule has 0 spiro atoms. The van der Waals surface area contributed by atoms with E-state index in [1.165, 1.54) is 22.5 Å². The van der Waals surface area contributed by atoms with Gasteiger partial charge in [-0.1, -0.05) is 95.7 Å². The van der Waals surface area contributed by atoms with Gasteiger partial charge >= 0.3 is 0 Å². The van der Waals surface area contributed by atoms with Crippen molar-refractivity contribution in [3.05, 3.63) is 154 Å². The molecule has 0 unspecified atom stereocenters. The van der Waals surface area contributed by atoms with E-state index in [2.05, 4.69) is 52.3 Å². The molecule has 7 rings (SSSR count). The number of nitrogens with zero attached hydrogens (tertiary/aromatic N) is 2. The van der Waals surface area contributed by atoms with E-state index in [4.69, 9.17) is 26.1 Å². The van der Waals surface area contributed by atoms with Crippen LogP contribution in [0.25, 0.3) is 11.8 Å². The van der Waals surface area contributed by atoms with Gasteiger partial charge in [0.1, 0.15) is 6.61 Å². The van der Waals surface area contributed by atoms with Gasteiger partial charge in [-0.25, -0.2) is 4.99 Å². The summed E-state index contributed by atoms with van der Waals surface area (Å²) in [6.07, 6.45) is 3.68. The van der Waals surface area contributed by atoms with Gasteiger partial charge in [-0.2, -0.15) is 0 Å². The van der Waals surface area contributed by atoms with Crippen molar-refractivity contribution in [1.29, 1.82) is 0 Å². The second-order valence-electron chi connectivity index (χ2n) is 10.4. The summed E-state index contributed by atoms with van der Waals surface area (Å²) in [5.74, 6) is 1.12. The molecule has 43 heavy (non-hydrogen) atoms. The lowest BCUT2D eigenvalue weighted by atomic mass is 9.83. The minimum absolute atomic E-state index is 0.0582. The van der Waals surface area contributed by atoms with Crippen LogP contribution in [0.1, 0.15) is 40.3 Å². The Morgan fingerprint density at radius 2 is 1.79 bits per heavy atom. The maximum absolute atomic E-state index is 14.1. The molecule has 0 saturated heterocycles. The molecule has 2 heterocycles. The lowest BCUT2D eigenvalue weighted by molar-refractivity contribution is 0.282. The van der Waals surface area contributed by atoms with E-state index in [1.54, 1.807) is 7.11 Å². The Bertz CT molecular complexity index is 2080. The third kappa shape index (κ3) is 5.16. The summed E-state index contributed by atoms with van der Waals surface area (Å²) in [5.41, 5.74) is 7.35. The third-order valence-electron chi connectivity index (χ3n) is 7.87. The first kappa shape index (κ1) is 27.9. The summed E-state index contributed by atoms with van der Waals surface area (Å²) in [6.45, 7) is 0.292. The molecule has 0 saturated carbocycles. The molecule has 1 aromatic heterocycles. The van der Waals surface area contributed by atoms with Crippen LogP contribution in [0, 0.1) is 0 Å². The standard InChI is InChI=1S/C35H26BrClN2O3S/c1-41-29-18-21(17-27(36)33(29)42-20-24-12-6-8-14-28(24)37)19-30-34(40)39-32(23-10-3-2-4-11-23)26-16-15-22-9-5-7-13-25(22)31(26)38-35(39)43-30/h2-14,17-19,32H,15-16,20H2,1H3/b30-19-/t32-/m1/s1. The van der Waals surface area contributed by atoms with Crippen molar-refractivity contribution in [1.82, 2.24) is 4.57 Å². The average Bonchev–Trinajstić information content (AvgIpc) is 3.34. The molecule has 0 N–H and O–H groups in total. The topological polar surface area (TPSA) is 52.8 Å². The van der Waals surface area contributed by atoms with Crippen LogP contribution in [0.15, 0.2) is 111 Å². The van der Waals surface area contributed by atoms with Gasteiger partial charge in [-0.15, -0.1) is 0 Å². The molecule has 0 fully saturated rings. The van der Waals surface area contributed by atoms with Crippen molar-refractivity contribution in [3.8, 4) is 11.5 Å². The van der Waals surface area contributed by atoms with Crippen LogP contribution in [0.3, 0.4) is 0 Å². The van der Waals surface area contributed by atoms with E-state index in [9.17, 15) is 4.79 Å². The van der Waals surface area contributed by atoms with Crippen LogP contribution in [-0.2, 0) is 13.0 Å². The molecule has 0 bridgehead atoms. The molecular weight excluding hydrogens is 644 g/mol. The fourth-order valence-electron chi connectivity index (χ4n) is 5.84. The number of aromatic nitrogens is 1. The minimum Gasteiger partial charge on any atom is -0.493 e. The molecule has 214 valence electrons. The highest BCUT2D eigenvalue weighted by Gasteiger charge is 2.32. The molecular formula is C35H26BrClN2O3S. The van der Waals surface area contributed by atoms with E-state index in [0.29, 0.717) is 36.9 Å². The molecule has 0 amide bonds. The normalized spacial score (nSPS) is 15.8. The Balaban J connectivity index is 1.32. The number of aryl methyl sites for hydroxylation is 1. The summed E-state index contributed by atoms with van der Waals surface area (Å²) >= 11 is 11.4. The average molecular weight is 670 g/mol. The fraction of sp³-hybridized carbons (Fsp3) is 0.143. The zero-order valence-corrected chi connectivity index (χ0v) is 26.4. The second-order valence-corrected chi connectivity index (χ2v) is 12.7. The summed E-state index contributed by atoms with van der Waals surface area (Å²) in [6, 6.07) is 29.9. The summed E-state index contributed by atoms with van der Waals surface area (Å²) in [5, 5.41) is 0.642. The molecule has 1 aliphatic heterocycles. The first-order valence-electron chi connectivity index (χ1n) is 13.9. The Labute approximate surface area is 266 Å². The van der Waals surface area contributed by atoms with Crippen molar-refractivity contribution in [3.63, 3.8) is 0 Å². The van der Waals surface area contributed by atoms with Gasteiger partial charge in [-0.05, 0) is 75.3 Å². The van der Waals surface area contributed by atoms with Gasteiger partial charge in [0.15, 0.2) is 16.3 Å². The summed E-state index contributed by atoms with van der Waals surface area (Å²) in [7, 11) is 1.60. The number of fused-ring (bicyclic) bond motifs is 3. The van der Waals surface area contributed by atoms with Crippen LogP contribution < -0.4 is 24.4 Å². The maximum Gasteiger partial charge on any atom is 0.271 e. The van der Waals surface area contributed by atoms with E-state index in [-0.39, 0.29) is 11.6 Å². The predicted octanol–water partition coefficient (Wildman–Crippen LogP) is 7.32. The number of allylic oxidation sites excluding steroid dienone is 1. The first-order valence-corrected chi connectivity index (χ1v) is 15.9. The Kier molecular flexibility index (Phi) is 7.55. The molecule has 1 atom stereocenters. The van der Waals surface area contributed by atoms with Gasteiger partial charge in [0.05, 0.1) is 27.9 Å². The smallest absolute Gasteiger partial charge is 0.271 e. The van der Waals surface area contributed by atoms with Crippen LogP contribution in [-0.4, -0.2) is 11.7 Å². The van der Waals surface area contributed by atoms with Crippen LogP contribution in [0.4, 0.5) is 0 Å². The minimum atomic E-state index is -0.204. The maximum atomic E-state index is 14.1. The molecule has 4 aromatic carbocycles. The van der Waals surface area contributed by atoms with Crippen molar-refractivity contribution in [2.24, 2.45) is 4.99 Å². The Morgan fingerprint density at radius 3 is 2.60 bits per heavy atom. The number of hydrogen-bond acceptors (Lipinski definition) is 5. The lowest BCUT2D eigenvalue weighted by Gasteiger charge is -2.30.